The highest BCUT2D eigenvalue weighted by Gasteiger charge is 2.11. The van der Waals surface area contributed by atoms with Crippen molar-refractivity contribution in [2.75, 3.05) is 16.7 Å². The summed E-state index contributed by atoms with van der Waals surface area (Å²) in [5.41, 5.74) is 3.93. The van der Waals surface area contributed by atoms with Gasteiger partial charge < -0.3 is 10.3 Å². The largest absolute Gasteiger partial charge is 0.371 e. The van der Waals surface area contributed by atoms with Crippen LogP contribution >= 0.6 is 46.6 Å². The van der Waals surface area contributed by atoms with Crippen molar-refractivity contribution in [3.63, 3.8) is 0 Å². The summed E-state index contributed by atoms with van der Waals surface area (Å²) in [5.74, 6) is 1.56. The zero-order valence-electron chi connectivity index (χ0n) is 13.9. The minimum absolute atomic E-state index is 0.542. The first-order chi connectivity index (χ1) is 12.3. The van der Waals surface area contributed by atoms with Crippen LogP contribution in [0.25, 0.3) is 10.9 Å². The van der Waals surface area contributed by atoms with Gasteiger partial charge in [0.25, 0.3) is 0 Å². The Morgan fingerprint density at radius 3 is 2.68 bits per heavy atom. The van der Waals surface area contributed by atoms with Crippen LogP contribution in [0.15, 0.2) is 60.8 Å². The van der Waals surface area contributed by atoms with Gasteiger partial charge in [0.15, 0.2) is 0 Å². The van der Waals surface area contributed by atoms with Crippen molar-refractivity contribution in [1.82, 2.24) is 10.3 Å². The molecule has 0 aliphatic rings. The highest BCUT2D eigenvalue weighted by atomic mass is 127. The second-order valence-corrected chi connectivity index (χ2v) is 8.47. The molecule has 2 aromatic carbocycles. The molecule has 2 N–H and O–H groups in total. The molecule has 3 rings (SSSR count). The van der Waals surface area contributed by atoms with Gasteiger partial charge in [-0.05, 0) is 23.6 Å². The highest BCUT2D eigenvalue weighted by molar-refractivity contribution is 14.1. The summed E-state index contributed by atoms with van der Waals surface area (Å²) in [7, 11) is 0. The van der Waals surface area contributed by atoms with E-state index in [-0.39, 0.29) is 0 Å². The predicted octanol–water partition coefficient (Wildman–Crippen LogP) is 5.54. The van der Waals surface area contributed by atoms with Crippen molar-refractivity contribution in [2.45, 2.75) is 12.3 Å². The smallest absolute Gasteiger partial charge is 0.133 e. The van der Waals surface area contributed by atoms with Crippen molar-refractivity contribution in [3.05, 3.63) is 71.9 Å². The van der Waals surface area contributed by atoms with Crippen LogP contribution in [0.3, 0.4) is 0 Å². The number of aromatic amines is 1. The highest BCUT2D eigenvalue weighted by Crippen LogP contribution is 2.23. The van der Waals surface area contributed by atoms with Gasteiger partial charge in [-0.1, -0.05) is 95.1 Å². The third kappa shape index (κ3) is 5.21. The van der Waals surface area contributed by atoms with Crippen LogP contribution in [0.1, 0.15) is 17.0 Å². The van der Waals surface area contributed by atoms with Gasteiger partial charge in [0.2, 0.25) is 0 Å². The maximum absolute atomic E-state index is 5.50. The standard InChI is InChI=1S/C20H21IN2S2/c21-12-17(15-6-2-1-3-7-15)14-25-20(24)22-11-10-16-13-23-19-9-5-4-8-18(16)19/h1-9,13,17,23H,10-12,14H2,(H,22,24). The normalized spacial score (nSPS) is 12.2. The molecule has 130 valence electrons. The van der Waals surface area contributed by atoms with Gasteiger partial charge in [0, 0.05) is 39.7 Å². The summed E-state index contributed by atoms with van der Waals surface area (Å²) >= 11 is 9.72. The van der Waals surface area contributed by atoms with Gasteiger partial charge in [0.1, 0.15) is 4.32 Å². The van der Waals surface area contributed by atoms with E-state index in [1.165, 1.54) is 22.0 Å². The van der Waals surface area contributed by atoms with Gasteiger partial charge in [-0.15, -0.1) is 0 Å². The molecule has 0 saturated carbocycles. The molecule has 0 aliphatic carbocycles. The van der Waals surface area contributed by atoms with Crippen LogP contribution < -0.4 is 5.32 Å². The lowest BCUT2D eigenvalue weighted by Crippen LogP contribution is -2.22. The number of hydrogen-bond donors (Lipinski definition) is 2. The first-order valence-electron chi connectivity index (χ1n) is 8.34. The molecular formula is C20H21IN2S2. The fourth-order valence-corrected chi connectivity index (χ4v) is 5.24. The fourth-order valence-electron chi connectivity index (χ4n) is 2.82. The van der Waals surface area contributed by atoms with E-state index in [0.717, 1.165) is 27.5 Å². The zero-order chi connectivity index (χ0) is 17.5. The molecule has 5 heteroatoms. The molecule has 0 aliphatic heterocycles. The topological polar surface area (TPSA) is 27.8 Å². The molecule has 0 amide bonds. The third-order valence-electron chi connectivity index (χ3n) is 4.21. The van der Waals surface area contributed by atoms with Gasteiger partial charge in [-0.3, -0.25) is 0 Å². The monoisotopic (exact) mass is 480 g/mol. The van der Waals surface area contributed by atoms with Gasteiger partial charge in [-0.25, -0.2) is 0 Å². The average Bonchev–Trinajstić information content (AvgIpc) is 3.06. The minimum atomic E-state index is 0.542. The second-order valence-electron chi connectivity index (χ2n) is 5.90. The van der Waals surface area contributed by atoms with Crippen LogP contribution in [0.5, 0.6) is 0 Å². The number of hydrogen-bond acceptors (Lipinski definition) is 2. The molecule has 1 heterocycles. The van der Waals surface area contributed by atoms with E-state index in [2.05, 4.69) is 93.7 Å². The van der Waals surface area contributed by atoms with Gasteiger partial charge in [0.05, 0.1) is 0 Å². The van der Waals surface area contributed by atoms with Crippen molar-refractivity contribution >= 4 is 61.8 Å². The van der Waals surface area contributed by atoms with E-state index in [1.807, 2.05) is 0 Å². The van der Waals surface area contributed by atoms with Gasteiger partial charge >= 0.3 is 0 Å². The number of para-hydroxylation sites is 1. The maximum Gasteiger partial charge on any atom is 0.133 e. The molecule has 1 unspecified atom stereocenters. The van der Waals surface area contributed by atoms with E-state index < -0.39 is 0 Å². The molecule has 0 bridgehead atoms. The molecule has 0 spiro atoms. The third-order valence-corrected chi connectivity index (χ3v) is 6.75. The number of alkyl halides is 1. The molecule has 3 aromatic rings. The van der Waals surface area contributed by atoms with Crippen LogP contribution in [0.4, 0.5) is 0 Å². The lowest BCUT2D eigenvalue weighted by atomic mass is 10.0. The number of thiocarbonyl (C=S) groups is 1. The van der Waals surface area contributed by atoms with E-state index in [9.17, 15) is 0 Å². The number of rotatable bonds is 7. The summed E-state index contributed by atoms with van der Waals surface area (Å²) in [5, 5.41) is 4.70. The first-order valence-corrected chi connectivity index (χ1v) is 11.3. The summed E-state index contributed by atoms with van der Waals surface area (Å²) in [4.78, 5) is 3.33. The molecule has 1 atom stereocenters. The quantitative estimate of drug-likeness (QED) is 0.264. The average molecular weight is 480 g/mol. The number of nitrogens with one attached hydrogen (secondary N) is 2. The van der Waals surface area contributed by atoms with Crippen LogP contribution in [0.2, 0.25) is 0 Å². The second kappa shape index (κ2) is 9.59. The predicted molar refractivity (Wildman–Crippen MR) is 123 cm³/mol. The Balaban J connectivity index is 1.45. The minimum Gasteiger partial charge on any atom is -0.371 e. The molecule has 2 nitrogen and oxygen atoms in total. The van der Waals surface area contributed by atoms with Gasteiger partial charge in [-0.2, -0.15) is 0 Å². The summed E-state index contributed by atoms with van der Waals surface area (Å²) in [6, 6.07) is 19.1. The Morgan fingerprint density at radius 1 is 1.12 bits per heavy atom. The molecule has 1 aromatic heterocycles. The SMILES string of the molecule is S=C(NCCc1c[nH]c2ccccc12)SCC(CI)c1ccccc1. The van der Waals surface area contributed by atoms with Crippen LogP contribution in [-0.4, -0.2) is 26.0 Å². The number of halogens is 1. The number of thioether (sulfide) groups is 1. The van der Waals surface area contributed by atoms with Crippen LogP contribution in [0, 0.1) is 0 Å². The van der Waals surface area contributed by atoms with E-state index in [1.54, 1.807) is 11.8 Å². The molecule has 0 saturated heterocycles. The fraction of sp³-hybridized carbons (Fsp3) is 0.250. The Hall–Kier alpha value is -1.05. The van der Waals surface area contributed by atoms with Crippen molar-refractivity contribution in [2.24, 2.45) is 0 Å². The lowest BCUT2D eigenvalue weighted by molar-refractivity contribution is 0.885. The number of fused-ring (bicyclic) bond motifs is 1. The molecular weight excluding hydrogens is 459 g/mol. The number of H-pyrrole nitrogens is 1. The Bertz CT molecular complexity index is 817. The molecule has 0 radical (unpaired) electrons. The zero-order valence-corrected chi connectivity index (χ0v) is 17.7. The van der Waals surface area contributed by atoms with Crippen molar-refractivity contribution in [1.29, 1.82) is 0 Å². The summed E-state index contributed by atoms with van der Waals surface area (Å²) < 4.78 is 2.00. The first kappa shape index (κ1) is 18.7. The van der Waals surface area contributed by atoms with Crippen molar-refractivity contribution < 1.29 is 0 Å². The Kier molecular flexibility index (Phi) is 7.19. The summed E-state index contributed by atoms with van der Waals surface area (Å²) in [6.45, 7) is 0.869. The van der Waals surface area contributed by atoms with Crippen LogP contribution in [-0.2, 0) is 6.42 Å². The van der Waals surface area contributed by atoms with E-state index in [0.29, 0.717) is 5.92 Å². The number of aromatic nitrogens is 1. The lowest BCUT2D eigenvalue weighted by Gasteiger charge is -2.15. The number of benzene rings is 2. The molecule has 0 fully saturated rings. The summed E-state index contributed by atoms with van der Waals surface area (Å²) in [6.07, 6.45) is 3.07. The Labute approximate surface area is 172 Å². The van der Waals surface area contributed by atoms with E-state index in [4.69, 9.17) is 12.2 Å². The Morgan fingerprint density at radius 2 is 1.88 bits per heavy atom. The molecule has 25 heavy (non-hydrogen) atoms. The maximum atomic E-state index is 5.50. The van der Waals surface area contributed by atoms with Crippen molar-refractivity contribution in [3.8, 4) is 0 Å². The van der Waals surface area contributed by atoms with E-state index >= 15 is 0 Å².